The normalized spacial score (nSPS) is 15.9. The Morgan fingerprint density at radius 1 is 1.00 bits per heavy atom. The molecule has 2 amide bonds. The van der Waals surface area contributed by atoms with E-state index in [4.69, 9.17) is 14.6 Å². The van der Waals surface area contributed by atoms with Crippen LogP contribution in [0.25, 0.3) is 11.1 Å². The van der Waals surface area contributed by atoms with Gasteiger partial charge in [0.1, 0.15) is 6.61 Å². The molecule has 4 rings (SSSR count). The third-order valence-electron chi connectivity index (χ3n) is 6.12. The van der Waals surface area contributed by atoms with E-state index in [1.165, 1.54) is 0 Å². The number of hydrogen-bond acceptors (Lipinski definition) is 6. The molecule has 0 saturated heterocycles. The average Bonchev–Trinajstić information content (AvgIpc) is 3.47. The number of carboxylic acid groups (broad SMARTS) is 1. The van der Waals surface area contributed by atoms with E-state index in [0.29, 0.717) is 12.8 Å². The monoisotopic (exact) mass is 466 g/mol. The lowest BCUT2D eigenvalue weighted by molar-refractivity contribution is -0.149. The Hall–Kier alpha value is -3.88. The Bertz CT molecular complexity index is 1080. The van der Waals surface area contributed by atoms with Gasteiger partial charge in [0.2, 0.25) is 6.04 Å². The molecule has 2 aliphatic carbocycles. The van der Waals surface area contributed by atoms with Gasteiger partial charge >= 0.3 is 18.0 Å². The van der Waals surface area contributed by atoms with Crippen LogP contribution in [-0.4, -0.2) is 53.8 Å². The minimum absolute atomic E-state index is 0.00918. The number of ether oxygens (including phenoxy) is 2. The lowest BCUT2D eigenvalue weighted by Gasteiger charge is -2.21. The van der Waals surface area contributed by atoms with Gasteiger partial charge in [-0.15, -0.1) is 0 Å². The standard InChI is InChI=1S/C25H26N2O7/c1-2-33-23(31)21(22(30)27-25(11-12-25)13-20(28)29)26-24(32)34-14-19-17-9-5-3-7-15(17)16-8-4-6-10-18(16)19/h3-10,19,21H,2,11-14H2,1H3,(H,26,32)(H,27,30)(H,28,29). The molecule has 3 N–H and O–H groups in total. The summed E-state index contributed by atoms with van der Waals surface area (Å²) in [6, 6.07) is 14.1. The average molecular weight is 466 g/mol. The van der Waals surface area contributed by atoms with Gasteiger partial charge in [0, 0.05) is 5.92 Å². The number of esters is 1. The number of carbonyl (C=O) groups is 4. The zero-order valence-corrected chi connectivity index (χ0v) is 18.7. The molecule has 0 heterocycles. The Morgan fingerprint density at radius 2 is 1.59 bits per heavy atom. The summed E-state index contributed by atoms with van der Waals surface area (Å²) < 4.78 is 10.4. The summed E-state index contributed by atoms with van der Waals surface area (Å²) in [5.74, 6) is -3.02. The number of benzene rings is 2. The molecule has 2 aliphatic rings. The van der Waals surface area contributed by atoms with Gasteiger partial charge in [-0.05, 0) is 42.0 Å². The fourth-order valence-electron chi connectivity index (χ4n) is 4.33. The lowest BCUT2D eigenvalue weighted by Crippen LogP contribution is -2.55. The smallest absolute Gasteiger partial charge is 0.408 e. The van der Waals surface area contributed by atoms with Crippen molar-refractivity contribution in [2.75, 3.05) is 13.2 Å². The molecule has 1 atom stereocenters. The zero-order chi connectivity index (χ0) is 24.3. The number of alkyl carbamates (subject to hydrolysis) is 1. The summed E-state index contributed by atoms with van der Waals surface area (Å²) in [5, 5.41) is 13.9. The van der Waals surface area contributed by atoms with Crippen LogP contribution in [0.4, 0.5) is 4.79 Å². The highest BCUT2D eigenvalue weighted by Gasteiger charge is 2.48. The van der Waals surface area contributed by atoms with Crippen molar-refractivity contribution in [3.63, 3.8) is 0 Å². The first-order valence-electron chi connectivity index (χ1n) is 11.2. The van der Waals surface area contributed by atoms with Crippen molar-refractivity contribution >= 4 is 23.9 Å². The van der Waals surface area contributed by atoms with Gasteiger partial charge in [-0.2, -0.15) is 0 Å². The number of rotatable bonds is 9. The number of carboxylic acids is 1. The molecule has 0 spiro atoms. The molecule has 9 nitrogen and oxygen atoms in total. The molecule has 1 fully saturated rings. The zero-order valence-electron chi connectivity index (χ0n) is 18.7. The van der Waals surface area contributed by atoms with Gasteiger partial charge in [-0.3, -0.25) is 14.9 Å². The first-order chi connectivity index (χ1) is 16.3. The number of nitrogens with one attached hydrogen (secondary N) is 2. The maximum atomic E-state index is 12.7. The Kier molecular flexibility index (Phi) is 6.54. The summed E-state index contributed by atoms with van der Waals surface area (Å²) in [6.07, 6.45) is -0.255. The van der Waals surface area contributed by atoms with E-state index in [0.717, 1.165) is 22.3 Å². The molecular weight excluding hydrogens is 440 g/mol. The van der Waals surface area contributed by atoms with Crippen LogP contribution in [0.1, 0.15) is 43.2 Å². The molecule has 1 saturated carbocycles. The van der Waals surface area contributed by atoms with Gasteiger partial charge in [0.25, 0.3) is 5.91 Å². The van der Waals surface area contributed by atoms with E-state index in [9.17, 15) is 19.2 Å². The number of amides is 2. The summed E-state index contributed by atoms with van der Waals surface area (Å²) in [6.45, 7) is 1.60. The van der Waals surface area contributed by atoms with Gasteiger partial charge in [-0.1, -0.05) is 48.5 Å². The summed E-state index contributed by atoms with van der Waals surface area (Å²) in [7, 11) is 0. The molecule has 0 radical (unpaired) electrons. The van der Waals surface area contributed by atoms with Crippen LogP contribution in [0.5, 0.6) is 0 Å². The van der Waals surface area contributed by atoms with Crippen molar-refractivity contribution < 1.29 is 33.8 Å². The number of hydrogen-bond donors (Lipinski definition) is 3. The molecule has 0 aliphatic heterocycles. The Labute approximate surface area is 196 Å². The highest BCUT2D eigenvalue weighted by molar-refractivity contribution is 6.04. The third-order valence-corrected chi connectivity index (χ3v) is 6.12. The molecule has 9 heteroatoms. The van der Waals surface area contributed by atoms with Crippen LogP contribution >= 0.6 is 0 Å². The fraction of sp³-hybridized carbons (Fsp3) is 0.360. The molecule has 1 unspecified atom stereocenters. The van der Waals surface area contributed by atoms with Crippen molar-refractivity contribution in [2.45, 2.75) is 43.7 Å². The molecule has 2 aromatic rings. The Morgan fingerprint density at radius 3 is 2.12 bits per heavy atom. The van der Waals surface area contributed by atoms with Crippen molar-refractivity contribution in [1.82, 2.24) is 10.6 Å². The highest BCUT2D eigenvalue weighted by Crippen LogP contribution is 2.44. The van der Waals surface area contributed by atoms with E-state index in [1.807, 2.05) is 48.5 Å². The molecule has 2 aromatic carbocycles. The van der Waals surface area contributed by atoms with Gasteiger partial charge < -0.3 is 19.9 Å². The molecule has 0 bridgehead atoms. The van der Waals surface area contributed by atoms with E-state index < -0.39 is 35.5 Å². The largest absolute Gasteiger partial charge is 0.481 e. The van der Waals surface area contributed by atoms with Crippen molar-refractivity contribution in [2.24, 2.45) is 0 Å². The first kappa shape index (κ1) is 23.3. The minimum Gasteiger partial charge on any atom is -0.481 e. The van der Waals surface area contributed by atoms with Crippen LogP contribution in [0.3, 0.4) is 0 Å². The maximum Gasteiger partial charge on any atom is 0.408 e. The number of fused-ring (bicyclic) bond motifs is 3. The van der Waals surface area contributed by atoms with Gasteiger partial charge in [0.15, 0.2) is 0 Å². The molecular formula is C25H26N2O7. The van der Waals surface area contributed by atoms with E-state index in [-0.39, 0.29) is 25.6 Å². The second kappa shape index (κ2) is 9.54. The molecule has 178 valence electrons. The third kappa shape index (κ3) is 4.88. The van der Waals surface area contributed by atoms with Crippen molar-refractivity contribution in [1.29, 1.82) is 0 Å². The van der Waals surface area contributed by atoms with Gasteiger partial charge in [0.05, 0.1) is 18.6 Å². The maximum absolute atomic E-state index is 12.7. The summed E-state index contributed by atoms with van der Waals surface area (Å²) in [4.78, 5) is 48.8. The summed E-state index contributed by atoms with van der Waals surface area (Å²) >= 11 is 0. The van der Waals surface area contributed by atoms with Gasteiger partial charge in [-0.25, -0.2) is 9.59 Å². The first-order valence-corrected chi connectivity index (χ1v) is 11.2. The van der Waals surface area contributed by atoms with E-state index >= 15 is 0 Å². The predicted molar refractivity (Wildman–Crippen MR) is 121 cm³/mol. The highest BCUT2D eigenvalue weighted by atomic mass is 16.6. The SMILES string of the molecule is CCOC(=O)C(NC(=O)OCC1c2ccccc2-c2ccccc21)C(=O)NC1(CC(=O)O)CC1. The van der Waals surface area contributed by atoms with E-state index in [1.54, 1.807) is 6.92 Å². The second-order valence-electron chi connectivity index (χ2n) is 8.50. The predicted octanol–water partition coefficient (Wildman–Crippen LogP) is 2.58. The minimum atomic E-state index is -1.65. The van der Waals surface area contributed by atoms with Crippen LogP contribution < -0.4 is 10.6 Å². The van der Waals surface area contributed by atoms with Crippen molar-refractivity contribution in [3.05, 3.63) is 59.7 Å². The molecule has 34 heavy (non-hydrogen) atoms. The number of carbonyl (C=O) groups excluding carboxylic acids is 3. The Balaban J connectivity index is 1.43. The second-order valence-corrected chi connectivity index (χ2v) is 8.50. The van der Waals surface area contributed by atoms with Crippen molar-refractivity contribution in [3.8, 4) is 11.1 Å². The quantitative estimate of drug-likeness (QED) is 0.382. The summed E-state index contributed by atoms with van der Waals surface area (Å²) in [5.41, 5.74) is 3.30. The fourth-order valence-corrected chi connectivity index (χ4v) is 4.33. The van der Waals surface area contributed by atoms with E-state index in [2.05, 4.69) is 10.6 Å². The topological polar surface area (TPSA) is 131 Å². The lowest BCUT2D eigenvalue weighted by atomic mass is 9.98. The van der Waals surface area contributed by atoms with Crippen LogP contribution in [0, 0.1) is 0 Å². The van der Waals surface area contributed by atoms with Crippen LogP contribution in [0.15, 0.2) is 48.5 Å². The number of aliphatic carboxylic acids is 1. The van der Waals surface area contributed by atoms with Crippen LogP contribution in [-0.2, 0) is 23.9 Å². The van der Waals surface area contributed by atoms with Crippen LogP contribution in [0.2, 0.25) is 0 Å². The molecule has 0 aromatic heterocycles.